The molecule has 4 nitrogen and oxygen atoms in total. The molecule has 0 amide bonds. The zero-order valence-corrected chi connectivity index (χ0v) is 9.70. The zero-order valence-electron chi connectivity index (χ0n) is 9.70. The van der Waals surface area contributed by atoms with Crippen LogP contribution in [0.15, 0.2) is 12.1 Å². The number of nitriles is 1. The van der Waals surface area contributed by atoms with Gasteiger partial charge in [-0.3, -0.25) is 0 Å². The number of anilines is 1. The summed E-state index contributed by atoms with van der Waals surface area (Å²) in [5.74, 6) is 1.26. The molecule has 2 rings (SSSR count). The number of nitrogens with zero attached hydrogens (tertiary/aromatic N) is 3. The summed E-state index contributed by atoms with van der Waals surface area (Å²) in [5.41, 5.74) is 0.471. The second kappa shape index (κ2) is 4.09. The first-order chi connectivity index (χ1) is 7.61. The number of nitrogens with one attached hydrogen (secondary N) is 1. The minimum absolute atomic E-state index is 0.602. The molecule has 1 aromatic rings. The molecule has 1 heterocycles. The maximum atomic E-state index is 8.88. The maximum absolute atomic E-state index is 8.88. The van der Waals surface area contributed by atoms with Crippen molar-refractivity contribution in [1.29, 1.82) is 5.26 Å². The van der Waals surface area contributed by atoms with E-state index in [-0.39, 0.29) is 0 Å². The third-order valence-corrected chi connectivity index (χ3v) is 2.93. The van der Waals surface area contributed by atoms with Gasteiger partial charge in [-0.05, 0) is 38.8 Å². The van der Waals surface area contributed by atoms with E-state index < -0.39 is 5.54 Å². The van der Waals surface area contributed by atoms with E-state index in [1.54, 1.807) is 0 Å². The fraction of sp³-hybridized carbons (Fsp3) is 0.583. The molecular formula is C12H16N4. The average molecular weight is 216 g/mol. The molecule has 0 saturated heterocycles. The van der Waals surface area contributed by atoms with Crippen molar-refractivity contribution in [2.45, 2.75) is 44.6 Å². The number of hydrogen-bond acceptors (Lipinski definition) is 4. The molecule has 0 spiro atoms. The van der Waals surface area contributed by atoms with Crippen molar-refractivity contribution in [3.8, 4) is 6.07 Å². The van der Waals surface area contributed by atoms with Crippen LogP contribution in [0.4, 0.5) is 5.82 Å². The van der Waals surface area contributed by atoms with Crippen LogP contribution in [-0.4, -0.2) is 15.7 Å². The molecule has 0 aliphatic heterocycles. The molecule has 0 unspecified atom stereocenters. The summed E-state index contributed by atoms with van der Waals surface area (Å²) in [6.45, 7) is 3.63. The summed E-state index contributed by atoms with van der Waals surface area (Å²) in [5, 5.41) is 20.2. The molecule has 1 N–H and O–H groups in total. The fourth-order valence-corrected chi connectivity index (χ4v) is 1.68. The Bertz CT molecular complexity index is 398. The molecule has 0 aromatic carbocycles. The highest BCUT2D eigenvalue weighted by atomic mass is 15.2. The van der Waals surface area contributed by atoms with Crippen LogP contribution < -0.4 is 5.32 Å². The Morgan fingerprint density at radius 2 is 2.12 bits per heavy atom. The Balaban J connectivity index is 2.05. The Morgan fingerprint density at radius 1 is 1.38 bits per heavy atom. The summed E-state index contributed by atoms with van der Waals surface area (Å²) < 4.78 is 0. The summed E-state index contributed by atoms with van der Waals surface area (Å²) in [6.07, 6.45) is 3.75. The lowest BCUT2D eigenvalue weighted by atomic mass is 9.83. The lowest BCUT2D eigenvalue weighted by molar-refractivity contribution is 0.408. The van der Waals surface area contributed by atoms with E-state index in [0.29, 0.717) is 11.7 Å². The largest absolute Gasteiger partial charge is 0.351 e. The van der Waals surface area contributed by atoms with Gasteiger partial charge in [0.25, 0.3) is 0 Å². The van der Waals surface area contributed by atoms with Crippen LogP contribution in [0.5, 0.6) is 0 Å². The minimum Gasteiger partial charge on any atom is -0.351 e. The van der Waals surface area contributed by atoms with Gasteiger partial charge >= 0.3 is 0 Å². The summed E-state index contributed by atoms with van der Waals surface area (Å²) in [4.78, 5) is 0. The van der Waals surface area contributed by atoms with E-state index >= 15 is 0 Å². The predicted molar refractivity (Wildman–Crippen MR) is 61.9 cm³/mol. The SMILES string of the molecule is CC(C)(C#N)Nc1ccc(C2CCC2)nn1. The van der Waals surface area contributed by atoms with Crippen molar-refractivity contribution in [2.75, 3.05) is 5.32 Å². The maximum Gasteiger partial charge on any atom is 0.149 e. The van der Waals surface area contributed by atoms with Gasteiger partial charge in [0.05, 0.1) is 11.8 Å². The highest BCUT2D eigenvalue weighted by Gasteiger charge is 2.22. The second-order valence-corrected chi connectivity index (χ2v) is 4.83. The molecule has 0 radical (unpaired) electrons. The highest BCUT2D eigenvalue weighted by molar-refractivity contribution is 5.39. The van der Waals surface area contributed by atoms with Crippen molar-refractivity contribution >= 4 is 5.82 Å². The summed E-state index contributed by atoms with van der Waals surface area (Å²) >= 11 is 0. The van der Waals surface area contributed by atoms with Crippen LogP contribution in [0.25, 0.3) is 0 Å². The van der Waals surface area contributed by atoms with Gasteiger partial charge in [-0.25, -0.2) is 0 Å². The topological polar surface area (TPSA) is 61.6 Å². The average Bonchev–Trinajstić information content (AvgIpc) is 2.18. The van der Waals surface area contributed by atoms with E-state index in [1.165, 1.54) is 19.3 Å². The third kappa shape index (κ3) is 2.30. The molecule has 0 bridgehead atoms. The highest BCUT2D eigenvalue weighted by Crippen LogP contribution is 2.34. The Kier molecular flexibility index (Phi) is 2.78. The monoisotopic (exact) mass is 216 g/mol. The lowest BCUT2D eigenvalue weighted by Gasteiger charge is -2.24. The van der Waals surface area contributed by atoms with E-state index in [4.69, 9.17) is 5.26 Å². The zero-order chi connectivity index (χ0) is 11.6. The summed E-state index contributed by atoms with van der Waals surface area (Å²) in [7, 11) is 0. The van der Waals surface area contributed by atoms with Gasteiger partial charge in [0.1, 0.15) is 11.4 Å². The minimum atomic E-state index is -0.604. The van der Waals surface area contributed by atoms with Gasteiger partial charge < -0.3 is 5.32 Å². The van der Waals surface area contributed by atoms with Gasteiger partial charge in [0.15, 0.2) is 0 Å². The van der Waals surface area contributed by atoms with Gasteiger partial charge in [-0.15, -0.1) is 5.10 Å². The quantitative estimate of drug-likeness (QED) is 0.843. The number of hydrogen-bond donors (Lipinski definition) is 1. The molecule has 1 saturated carbocycles. The molecule has 0 atom stereocenters. The van der Waals surface area contributed by atoms with E-state index in [0.717, 1.165) is 5.69 Å². The van der Waals surface area contributed by atoms with Crippen LogP contribution in [0.2, 0.25) is 0 Å². The molecule has 1 aliphatic carbocycles. The third-order valence-electron chi connectivity index (χ3n) is 2.93. The first kappa shape index (κ1) is 10.9. The molecule has 1 fully saturated rings. The fourth-order valence-electron chi connectivity index (χ4n) is 1.68. The molecule has 84 valence electrons. The molecule has 1 aliphatic rings. The van der Waals surface area contributed by atoms with E-state index in [1.807, 2.05) is 26.0 Å². The first-order valence-electron chi connectivity index (χ1n) is 5.64. The number of aromatic nitrogens is 2. The smallest absolute Gasteiger partial charge is 0.149 e. The van der Waals surface area contributed by atoms with Crippen molar-refractivity contribution in [3.05, 3.63) is 17.8 Å². The molecule has 1 aromatic heterocycles. The molecule has 4 heteroatoms. The Morgan fingerprint density at radius 3 is 2.56 bits per heavy atom. The Labute approximate surface area is 95.7 Å². The van der Waals surface area contributed by atoms with Gasteiger partial charge in [0.2, 0.25) is 0 Å². The Hall–Kier alpha value is -1.63. The van der Waals surface area contributed by atoms with Gasteiger partial charge in [-0.2, -0.15) is 10.4 Å². The first-order valence-corrected chi connectivity index (χ1v) is 5.64. The number of rotatable bonds is 3. The van der Waals surface area contributed by atoms with Crippen molar-refractivity contribution in [3.63, 3.8) is 0 Å². The van der Waals surface area contributed by atoms with Crippen LogP contribution in [0.1, 0.15) is 44.7 Å². The van der Waals surface area contributed by atoms with E-state index in [2.05, 4.69) is 21.6 Å². The van der Waals surface area contributed by atoms with Crippen LogP contribution in [0, 0.1) is 11.3 Å². The van der Waals surface area contributed by atoms with Crippen LogP contribution in [0.3, 0.4) is 0 Å². The summed E-state index contributed by atoms with van der Waals surface area (Å²) in [6, 6.07) is 6.08. The van der Waals surface area contributed by atoms with Crippen molar-refractivity contribution in [1.82, 2.24) is 10.2 Å². The normalized spacial score (nSPS) is 16.3. The molecular weight excluding hydrogens is 200 g/mol. The lowest BCUT2D eigenvalue weighted by Crippen LogP contribution is -2.29. The predicted octanol–water partition coefficient (Wildman–Crippen LogP) is 2.46. The van der Waals surface area contributed by atoms with Crippen molar-refractivity contribution < 1.29 is 0 Å². The van der Waals surface area contributed by atoms with Crippen LogP contribution >= 0.6 is 0 Å². The van der Waals surface area contributed by atoms with Gasteiger partial charge in [0, 0.05) is 5.92 Å². The van der Waals surface area contributed by atoms with Gasteiger partial charge in [-0.1, -0.05) is 6.42 Å². The molecule has 16 heavy (non-hydrogen) atoms. The van der Waals surface area contributed by atoms with E-state index in [9.17, 15) is 0 Å². The second-order valence-electron chi connectivity index (χ2n) is 4.83. The van der Waals surface area contributed by atoms with Crippen LogP contribution in [-0.2, 0) is 0 Å². The van der Waals surface area contributed by atoms with Crippen molar-refractivity contribution in [2.24, 2.45) is 0 Å². The standard InChI is InChI=1S/C12H16N4/c1-12(2,8-13)14-11-7-6-10(15-16-11)9-4-3-5-9/h6-7,9H,3-5H2,1-2H3,(H,14,16).